The smallest absolute Gasteiger partial charge is 0.200 e. The van der Waals surface area contributed by atoms with Gasteiger partial charge in [0.05, 0.1) is 0 Å². The van der Waals surface area contributed by atoms with E-state index in [1.807, 2.05) is 0 Å². The van der Waals surface area contributed by atoms with Gasteiger partial charge in [-0.25, -0.2) is 0 Å². The van der Waals surface area contributed by atoms with E-state index >= 15 is 0 Å². The van der Waals surface area contributed by atoms with Crippen LogP contribution in [0.15, 0.2) is 0 Å². The van der Waals surface area contributed by atoms with E-state index in [0.717, 1.165) is 19.3 Å². The minimum absolute atomic E-state index is 0.252. The minimum atomic E-state index is -2.87. The second-order valence-corrected chi connectivity index (χ2v) is 9.19. The molecule has 0 fully saturated rings. The van der Waals surface area contributed by atoms with Crippen LogP contribution < -0.4 is 0 Å². The van der Waals surface area contributed by atoms with Crippen LogP contribution in [0.3, 0.4) is 0 Å². The zero-order chi connectivity index (χ0) is 13.5. The van der Waals surface area contributed by atoms with Crippen molar-refractivity contribution in [3.8, 4) is 0 Å². The van der Waals surface area contributed by atoms with Gasteiger partial charge in [-0.1, -0.05) is 53.9 Å². The van der Waals surface area contributed by atoms with Crippen molar-refractivity contribution in [3.05, 3.63) is 0 Å². The lowest BCUT2D eigenvalue weighted by Crippen LogP contribution is -2.14. The van der Waals surface area contributed by atoms with Gasteiger partial charge in [-0.3, -0.25) is 4.57 Å². The molecule has 2 unspecified atom stereocenters. The van der Waals surface area contributed by atoms with Crippen LogP contribution in [0.25, 0.3) is 0 Å². The van der Waals surface area contributed by atoms with Crippen LogP contribution in [0.4, 0.5) is 0 Å². The molecule has 0 aliphatic heterocycles. The molecule has 1 N–H and O–H groups in total. The summed E-state index contributed by atoms with van der Waals surface area (Å²) in [6.07, 6.45) is 6.39. The summed E-state index contributed by atoms with van der Waals surface area (Å²) in [6, 6.07) is 0. The first-order chi connectivity index (χ1) is 7.66. The van der Waals surface area contributed by atoms with Crippen molar-refractivity contribution in [3.63, 3.8) is 0 Å². The second kappa shape index (κ2) is 7.59. The van der Waals surface area contributed by atoms with Crippen LogP contribution in [-0.4, -0.2) is 17.2 Å². The summed E-state index contributed by atoms with van der Waals surface area (Å²) in [4.78, 5) is 9.94. The summed E-state index contributed by atoms with van der Waals surface area (Å²) in [5, 5.41) is 0. The summed E-state index contributed by atoms with van der Waals surface area (Å²) in [5.41, 5.74) is 0.252. The van der Waals surface area contributed by atoms with Crippen molar-refractivity contribution in [1.29, 1.82) is 0 Å². The van der Waals surface area contributed by atoms with Crippen LogP contribution in [0.5, 0.6) is 0 Å². The molecule has 0 bridgehead atoms. The van der Waals surface area contributed by atoms with Crippen LogP contribution in [0.2, 0.25) is 0 Å². The van der Waals surface area contributed by atoms with Crippen molar-refractivity contribution in [2.45, 2.75) is 66.7 Å². The van der Waals surface area contributed by atoms with Crippen molar-refractivity contribution >= 4 is 7.37 Å². The molecule has 3 heteroatoms. The van der Waals surface area contributed by atoms with Crippen molar-refractivity contribution < 1.29 is 9.46 Å². The molecular weight excluding hydrogens is 231 g/mol. The first-order valence-corrected chi connectivity index (χ1v) is 9.00. The van der Waals surface area contributed by atoms with Crippen LogP contribution in [0, 0.1) is 11.3 Å². The van der Waals surface area contributed by atoms with E-state index in [9.17, 15) is 9.46 Å². The Morgan fingerprint density at radius 2 is 1.76 bits per heavy atom. The van der Waals surface area contributed by atoms with E-state index in [4.69, 9.17) is 0 Å². The quantitative estimate of drug-likeness (QED) is 0.498. The van der Waals surface area contributed by atoms with Crippen molar-refractivity contribution in [1.82, 2.24) is 0 Å². The van der Waals surface area contributed by atoms with Gasteiger partial charge in [0, 0.05) is 12.3 Å². The third-order valence-corrected chi connectivity index (χ3v) is 5.13. The van der Waals surface area contributed by atoms with Crippen LogP contribution in [-0.2, 0) is 4.57 Å². The molecule has 2 nitrogen and oxygen atoms in total. The van der Waals surface area contributed by atoms with E-state index < -0.39 is 7.37 Å². The summed E-state index contributed by atoms with van der Waals surface area (Å²) in [6.45, 7) is 10.8. The maximum absolute atomic E-state index is 12.0. The van der Waals surface area contributed by atoms with E-state index in [-0.39, 0.29) is 5.41 Å². The molecule has 17 heavy (non-hydrogen) atoms. The van der Waals surface area contributed by atoms with Gasteiger partial charge in [0.2, 0.25) is 7.37 Å². The standard InChI is InChI=1S/C14H31O2P/c1-6-7-8-9-10-17(15,16)12-13(2)11-14(3,4)5/h13H,6-12H2,1-5H3,(H,15,16). The van der Waals surface area contributed by atoms with E-state index in [1.54, 1.807) is 0 Å². The van der Waals surface area contributed by atoms with Gasteiger partial charge in [0.25, 0.3) is 0 Å². The lowest BCUT2D eigenvalue weighted by Gasteiger charge is -2.24. The Morgan fingerprint density at radius 1 is 1.18 bits per heavy atom. The highest BCUT2D eigenvalue weighted by atomic mass is 31.2. The summed E-state index contributed by atoms with van der Waals surface area (Å²) in [5.74, 6) is 0.344. The minimum Gasteiger partial charge on any atom is -0.344 e. The Hall–Kier alpha value is 0.190. The van der Waals surface area contributed by atoms with Gasteiger partial charge >= 0.3 is 0 Å². The number of rotatable bonds is 8. The maximum atomic E-state index is 12.0. The second-order valence-electron chi connectivity index (χ2n) is 6.68. The Morgan fingerprint density at radius 3 is 2.24 bits per heavy atom. The van der Waals surface area contributed by atoms with Crippen molar-refractivity contribution in [2.75, 3.05) is 12.3 Å². The Labute approximate surface area is 108 Å². The van der Waals surface area contributed by atoms with Gasteiger partial charge in [-0.15, -0.1) is 0 Å². The first-order valence-electron chi connectivity index (χ1n) is 6.97. The first kappa shape index (κ1) is 17.2. The predicted molar refractivity (Wildman–Crippen MR) is 76.9 cm³/mol. The van der Waals surface area contributed by atoms with Crippen LogP contribution >= 0.6 is 7.37 Å². The molecular formula is C14H31O2P. The third kappa shape index (κ3) is 11.0. The molecule has 0 aliphatic rings. The predicted octanol–water partition coefficient (Wildman–Crippen LogP) is 4.91. The summed E-state index contributed by atoms with van der Waals surface area (Å²) in [7, 11) is -2.87. The fraction of sp³-hybridized carbons (Fsp3) is 1.00. The van der Waals surface area contributed by atoms with E-state index in [2.05, 4.69) is 34.6 Å². The zero-order valence-corrected chi connectivity index (χ0v) is 13.2. The lowest BCUT2D eigenvalue weighted by molar-refractivity contribution is 0.317. The van der Waals surface area contributed by atoms with Crippen LogP contribution in [0.1, 0.15) is 66.7 Å². The highest BCUT2D eigenvalue weighted by Gasteiger charge is 2.24. The maximum Gasteiger partial charge on any atom is 0.200 e. The summed E-state index contributed by atoms with van der Waals surface area (Å²) >= 11 is 0. The van der Waals surface area contributed by atoms with E-state index in [0.29, 0.717) is 18.2 Å². The number of hydrogen-bond acceptors (Lipinski definition) is 1. The monoisotopic (exact) mass is 262 g/mol. The summed E-state index contributed by atoms with van der Waals surface area (Å²) < 4.78 is 12.0. The van der Waals surface area contributed by atoms with E-state index in [1.165, 1.54) is 12.8 Å². The SMILES string of the molecule is CCCCCCP(=O)(O)CC(C)CC(C)(C)C. The lowest BCUT2D eigenvalue weighted by atomic mass is 9.86. The normalized spacial score (nSPS) is 17.8. The molecule has 2 atom stereocenters. The molecule has 104 valence electrons. The van der Waals surface area contributed by atoms with Gasteiger partial charge in [-0.2, -0.15) is 0 Å². The fourth-order valence-electron chi connectivity index (χ4n) is 2.47. The Bertz CT molecular complexity index is 243. The molecule has 0 amide bonds. The highest BCUT2D eigenvalue weighted by molar-refractivity contribution is 7.57. The highest BCUT2D eigenvalue weighted by Crippen LogP contribution is 2.45. The molecule has 0 aliphatic carbocycles. The molecule has 0 radical (unpaired) electrons. The van der Waals surface area contributed by atoms with Gasteiger partial charge in [0.1, 0.15) is 0 Å². The van der Waals surface area contributed by atoms with Gasteiger partial charge < -0.3 is 4.89 Å². The largest absolute Gasteiger partial charge is 0.344 e. The van der Waals surface area contributed by atoms with Gasteiger partial charge in [0.15, 0.2) is 0 Å². The Balaban J connectivity index is 3.94. The molecule has 0 heterocycles. The number of unbranched alkanes of at least 4 members (excludes halogenated alkanes) is 3. The molecule has 0 saturated carbocycles. The van der Waals surface area contributed by atoms with Crippen molar-refractivity contribution in [2.24, 2.45) is 11.3 Å². The Kier molecular flexibility index (Phi) is 7.67. The number of hydrogen-bond donors (Lipinski definition) is 1. The molecule has 0 aromatic rings. The average molecular weight is 262 g/mol. The molecule has 0 aromatic heterocycles. The fourth-order valence-corrected chi connectivity index (χ4v) is 4.48. The average Bonchev–Trinajstić information content (AvgIpc) is 2.08. The molecule has 0 aromatic carbocycles. The topological polar surface area (TPSA) is 37.3 Å². The zero-order valence-electron chi connectivity index (χ0n) is 12.3. The third-order valence-electron chi connectivity index (χ3n) is 2.92. The van der Waals surface area contributed by atoms with Gasteiger partial charge in [-0.05, 0) is 24.2 Å². The molecule has 0 spiro atoms. The molecule has 0 saturated heterocycles. The molecule has 0 rings (SSSR count).